The zero-order valence-electron chi connectivity index (χ0n) is 9.02. The van der Waals surface area contributed by atoms with Crippen LogP contribution in [-0.4, -0.2) is 40.4 Å². The third-order valence-electron chi connectivity index (χ3n) is 2.46. The summed E-state index contributed by atoms with van der Waals surface area (Å²) in [5.41, 5.74) is 5.77. The highest BCUT2D eigenvalue weighted by atomic mass is 32.2. The number of nitrogens with two attached hydrogens (primary N) is 1. The van der Waals surface area contributed by atoms with E-state index in [4.69, 9.17) is 11.1 Å². The van der Waals surface area contributed by atoms with Gasteiger partial charge in [0.25, 0.3) is 0 Å². The minimum absolute atomic E-state index is 0.0366. The number of rotatable bonds is 2. The largest absolute Gasteiger partial charge is 0.382 e. The fraction of sp³-hybridized carbons (Fsp3) is 0.500. The molecule has 0 amide bonds. The molecule has 0 aliphatic carbocycles. The Morgan fingerprint density at radius 1 is 1.31 bits per heavy atom. The Morgan fingerprint density at radius 2 is 2.19 bits per heavy atom. The highest BCUT2D eigenvalue weighted by Crippen LogP contribution is 2.15. The Bertz CT molecular complexity index is 356. The summed E-state index contributed by atoms with van der Waals surface area (Å²) in [5, 5.41) is 7.24. The number of hydrogen-bond donors (Lipinski definition) is 2. The minimum Gasteiger partial charge on any atom is -0.382 e. The van der Waals surface area contributed by atoms with Gasteiger partial charge in [-0.25, -0.2) is 9.97 Å². The highest BCUT2D eigenvalue weighted by Gasteiger charge is 2.11. The molecule has 0 bridgehead atoms. The molecule has 5 nitrogen and oxygen atoms in total. The molecule has 3 N–H and O–H groups in total. The summed E-state index contributed by atoms with van der Waals surface area (Å²) in [6, 6.07) is 0. The molecule has 86 valence electrons. The predicted octanol–water partition coefficient (Wildman–Crippen LogP) is 0.704. The molecule has 16 heavy (non-hydrogen) atoms. The van der Waals surface area contributed by atoms with E-state index in [1.54, 1.807) is 12.4 Å². The maximum absolute atomic E-state index is 7.24. The molecule has 6 heteroatoms. The number of nitrogen functional groups attached to an aromatic ring is 1. The van der Waals surface area contributed by atoms with E-state index in [-0.39, 0.29) is 5.84 Å². The molecule has 2 rings (SSSR count). The fourth-order valence-corrected chi connectivity index (χ4v) is 2.49. The molecule has 0 spiro atoms. The van der Waals surface area contributed by atoms with Gasteiger partial charge in [0.15, 0.2) is 0 Å². The molecule has 0 unspecified atom stereocenters. The average molecular weight is 237 g/mol. The van der Waals surface area contributed by atoms with Crippen LogP contribution >= 0.6 is 11.8 Å². The van der Waals surface area contributed by atoms with Crippen LogP contribution in [0.15, 0.2) is 12.4 Å². The Labute approximate surface area is 99.0 Å². The van der Waals surface area contributed by atoms with Crippen molar-refractivity contribution in [2.24, 2.45) is 5.73 Å². The third-order valence-corrected chi connectivity index (χ3v) is 3.51. The van der Waals surface area contributed by atoms with E-state index in [0.29, 0.717) is 5.69 Å². The molecule has 2 heterocycles. The smallest absolute Gasteiger partial charge is 0.147 e. The molecule has 1 aliphatic heterocycles. The molecular formula is C10H15N5S. The molecule has 1 fully saturated rings. The molecule has 1 saturated heterocycles. The van der Waals surface area contributed by atoms with E-state index in [0.717, 1.165) is 24.7 Å². The van der Waals surface area contributed by atoms with E-state index in [1.165, 1.54) is 12.2 Å². The highest BCUT2D eigenvalue weighted by molar-refractivity contribution is 7.99. The van der Waals surface area contributed by atoms with Crippen LogP contribution in [0.4, 0.5) is 5.82 Å². The number of nitrogens with zero attached hydrogens (tertiary/aromatic N) is 3. The van der Waals surface area contributed by atoms with Gasteiger partial charge < -0.3 is 10.6 Å². The predicted molar refractivity (Wildman–Crippen MR) is 67.2 cm³/mol. The van der Waals surface area contributed by atoms with Crippen molar-refractivity contribution in [2.45, 2.75) is 6.42 Å². The van der Waals surface area contributed by atoms with Crippen molar-refractivity contribution < 1.29 is 0 Å². The van der Waals surface area contributed by atoms with E-state index in [1.807, 2.05) is 11.8 Å². The van der Waals surface area contributed by atoms with Crippen molar-refractivity contribution in [3.63, 3.8) is 0 Å². The van der Waals surface area contributed by atoms with Crippen LogP contribution in [0.1, 0.15) is 12.1 Å². The second kappa shape index (κ2) is 5.16. The van der Waals surface area contributed by atoms with Crippen molar-refractivity contribution in [1.82, 2.24) is 9.97 Å². The van der Waals surface area contributed by atoms with Gasteiger partial charge in [0.2, 0.25) is 0 Å². The van der Waals surface area contributed by atoms with Crippen molar-refractivity contribution >= 4 is 23.4 Å². The maximum atomic E-state index is 7.24. The van der Waals surface area contributed by atoms with Crippen molar-refractivity contribution in [3.8, 4) is 0 Å². The Balaban J connectivity index is 2.10. The topological polar surface area (TPSA) is 78.9 Å². The fourth-order valence-electron chi connectivity index (χ4n) is 1.60. The minimum atomic E-state index is -0.0366. The lowest BCUT2D eigenvalue weighted by atomic mass is 10.4. The first-order chi connectivity index (χ1) is 7.77. The SMILES string of the molecule is N=C(N)c1cnc(N2CCCSCC2)cn1. The van der Waals surface area contributed by atoms with Crippen molar-refractivity contribution in [2.75, 3.05) is 29.5 Å². The first kappa shape index (κ1) is 11.2. The summed E-state index contributed by atoms with van der Waals surface area (Å²) < 4.78 is 0. The molecule has 1 aliphatic rings. The van der Waals surface area contributed by atoms with E-state index in [2.05, 4.69) is 14.9 Å². The monoisotopic (exact) mass is 237 g/mol. The zero-order valence-corrected chi connectivity index (χ0v) is 9.83. The molecule has 0 atom stereocenters. The molecule has 1 aromatic rings. The van der Waals surface area contributed by atoms with Crippen LogP contribution in [0.5, 0.6) is 0 Å². The summed E-state index contributed by atoms with van der Waals surface area (Å²) in [6.45, 7) is 2.04. The lowest BCUT2D eigenvalue weighted by molar-refractivity contribution is 0.797. The van der Waals surface area contributed by atoms with E-state index >= 15 is 0 Å². The standard InChI is InChI=1S/C10H15N5S/c11-10(12)8-6-14-9(7-13-8)15-2-1-4-16-5-3-15/h6-7H,1-5H2,(H3,11,12). The zero-order chi connectivity index (χ0) is 11.4. The number of nitrogens with one attached hydrogen (secondary N) is 1. The van der Waals surface area contributed by atoms with Crippen molar-refractivity contribution in [3.05, 3.63) is 18.1 Å². The second-order valence-electron chi connectivity index (χ2n) is 3.63. The Morgan fingerprint density at radius 3 is 2.88 bits per heavy atom. The Hall–Kier alpha value is -1.30. The second-order valence-corrected chi connectivity index (χ2v) is 4.85. The van der Waals surface area contributed by atoms with Crippen LogP contribution in [0, 0.1) is 5.41 Å². The van der Waals surface area contributed by atoms with Gasteiger partial charge in [0.05, 0.1) is 12.4 Å². The van der Waals surface area contributed by atoms with Gasteiger partial charge in [-0.2, -0.15) is 11.8 Å². The number of hydrogen-bond acceptors (Lipinski definition) is 5. The third kappa shape index (κ3) is 2.63. The van der Waals surface area contributed by atoms with E-state index < -0.39 is 0 Å². The Kier molecular flexibility index (Phi) is 3.61. The van der Waals surface area contributed by atoms with Gasteiger partial charge in [0.1, 0.15) is 17.3 Å². The molecule has 0 saturated carbocycles. The molecule has 0 aromatic carbocycles. The number of amidine groups is 1. The summed E-state index contributed by atoms with van der Waals surface area (Å²) in [7, 11) is 0. The van der Waals surface area contributed by atoms with Crippen LogP contribution in [0.2, 0.25) is 0 Å². The number of thioether (sulfide) groups is 1. The first-order valence-electron chi connectivity index (χ1n) is 5.26. The maximum Gasteiger partial charge on any atom is 0.147 e. The van der Waals surface area contributed by atoms with E-state index in [9.17, 15) is 0 Å². The molecular weight excluding hydrogens is 222 g/mol. The lowest BCUT2D eigenvalue weighted by Crippen LogP contribution is -2.27. The lowest BCUT2D eigenvalue weighted by Gasteiger charge is -2.20. The summed E-state index contributed by atoms with van der Waals surface area (Å²) in [6.07, 6.45) is 4.45. The van der Waals surface area contributed by atoms with Gasteiger partial charge in [0, 0.05) is 18.8 Å². The molecule has 0 radical (unpaired) electrons. The number of aromatic nitrogens is 2. The normalized spacial score (nSPS) is 16.9. The van der Waals surface area contributed by atoms with Gasteiger partial charge in [-0.15, -0.1) is 0 Å². The summed E-state index contributed by atoms with van der Waals surface area (Å²) in [5.74, 6) is 3.20. The average Bonchev–Trinajstić information content (AvgIpc) is 2.57. The van der Waals surface area contributed by atoms with Crippen molar-refractivity contribution in [1.29, 1.82) is 5.41 Å². The van der Waals surface area contributed by atoms with Gasteiger partial charge in [-0.1, -0.05) is 0 Å². The first-order valence-corrected chi connectivity index (χ1v) is 6.42. The quantitative estimate of drug-likeness (QED) is 0.585. The summed E-state index contributed by atoms with van der Waals surface area (Å²) in [4.78, 5) is 10.7. The molecule has 1 aromatic heterocycles. The van der Waals surface area contributed by atoms with Crippen LogP contribution < -0.4 is 10.6 Å². The van der Waals surface area contributed by atoms with Crippen LogP contribution in [0.25, 0.3) is 0 Å². The summed E-state index contributed by atoms with van der Waals surface area (Å²) >= 11 is 1.98. The van der Waals surface area contributed by atoms with Crippen LogP contribution in [-0.2, 0) is 0 Å². The van der Waals surface area contributed by atoms with Gasteiger partial charge in [-0.3, -0.25) is 5.41 Å². The van der Waals surface area contributed by atoms with Gasteiger partial charge >= 0.3 is 0 Å². The van der Waals surface area contributed by atoms with Gasteiger partial charge in [-0.05, 0) is 12.2 Å². The number of anilines is 1. The van der Waals surface area contributed by atoms with Crippen LogP contribution in [0.3, 0.4) is 0 Å².